The third-order valence-corrected chi connectivity index (χ3v) is 3.36. The molecule has 0 aromatic heterocycles. The van der Waals surface area contributed by atoms with E-state index in [4.69, 9.17) is 9.47 Å². The molecule has 0 saturated heterocycles. The van der Waals surface area contributed by atoms with Crippen LogP contribution in [0.3, 0.4) is 0 Å². The molecular weight excluding hydrogens is 252 g/mol. The molecule has 2 rings (SSSR count). The molecule has 0 aliphatic rings. The Labute approximate surface area is 119 Å². The molecule has 0 spiro atoms. The van der Waals surface area contributed by atoms with Crippen LogP contribution in [-0.4, -0.2) is 19.3 Å². The largest absolute Gasteiger partial charge is 0.508 e. The Balaban J connectivity index is 2.09. The molecule has 1 N–H and O–H groups in total. The van der Waals surface area contributed by atoms with Crippen LogP contribution in [0.25, 0.3) is 0 Å². The third kappa shape index (κ3) is 3.23. The maximum atomic E-state index is 10.0. The van der Waals surface area contributed by atoms with Gasteiger partial charge >= 0.3 is 0 Å². The Morgan fingerprint density at radius 3 is 2.30 bits per heavy atom. The van der Waals surface area contributed by atoms with Crippen molar-refractivity contribution in [3.63, 3.8) is 0 Å². The quantitative estimate of drug-likeness (QED) is 0.873. The van der Waals surface area contributed by atoms with Crippen molar-refractivity contribution in [3.8, 4) is 17.2 Å². The fourth-order valence-corrected chi connectivity index (χ4v) is 2.34. The number of ether oxygens (including phenoxy) is 2. The summed E-state index contributed by atoms with van der Waals surface area (Å²) in [5, 5.41) is 10.0. The van der Waals surface area contributed by atoms with Crippen LogP contribution < -0.4 is 9.47 Å². The van der Waals surface area contributed by atoms with Crippen LogP contribution in [0, 0.1) is 0 Å². The van der Waals surface area contributed by atoms with Crippen molar-refractivity contribution in [2.24, 2.45) is 0 Å². The van der Waals surface area contributed by atoms with Gasteiger partial charge in [-0.25, -0.2) is 0 Å². The Morgan fingerprint density at radius 2 is 1.65 bits per heavy atom. The average Bonchev–Trinajstić information content (AvgIpc) is 2.49. The number of phenolic OH excluding ortho intramolecular Hbond substituents is 1. The van der Waals surface area contributed by atoms with Crippen LogP contribution in [0.2, 0.25) is 0 Å². The van der Waals surface area contributed by atoms with E-state index in [9.17, 15) is 5.11 Å². The second-order valence-electron chi connectivity index (χ2n) is 4.64. The summed E-state index contributed by atoms with van der Waals surface area (Å²) in [4.78, 5) is 0. The van der Waals surface area contributed by atoms with Crippen molar-refractivity contribution in [3.05, 3.63) is 53.6 Å². The topological polar surface area (TPSA) is 38.7 Å². The second kappa shape index (κ2) is 6.85. The molecule has 0 radical (unpaired) electrons. The number of hydrogen-bond donors (Lipinski definition) is 1. The van der Waals surface area contributed by atoms with Gasteiger partial charge in [-0.3, -0.25) is 0 Å². The van der Waals surface area contributed by atoms with Gasteiger partial charge in [-0.15, -0.1) is 0 Å². The van der Waals surface area contributed by atoms with E-state index in [1.165, 1.54) is 5.56 Å². The summed E-state index contributed by atoms with van der Waals surface area (Å²) < 4.78 is 10.6. The molecule has 0 fully saturated rings. The highest BCUT2D eigenvalue weighted by molar-refractivity contribution is 5.53. The number of rotatable bonds is 6. The summed E-state index contributed by atoms with van der Waals surface area (Å²) in [5.41, 5.74) is 2.11. The van der Waals surface area contributed by atoms with Crippen molar-refractivity contribution in [2.45, 2.75) is 19.3 Å². The lowest BCUT2D eigenvalue weighted by molar-refractivity contribution is 0.346. The summed E-state index contributed by atoms with van der Waals surface area (Å²) >= 11 is 0. The van der Waals surface area contributed by atoms with Gasteiger partial charge in [0.25, 0.3) is 0 Å². The Kier molecular flexibility index (Phi) is 4.88. The number of aryl methyl sites for hydroxylation is 1. The molecule has 0 unspecified atom stereocenters. The molecule has 0 bridgehead atoms. The van der Waals surface area contributed by atoms with Gasteiger partial charge in [0.2, 0.25) is 0 Å². The minimum Gasteiger partial charge on any atom is -0.508 e. The number of benzene rings is 2. The summed E-state index contributed by atoms with van der Waals surface area (Å²) in [5.74, 6) is 1.54. The van der Waals surface area contributed by atoms with E-state index in [0.717, 1.165) is 24.8 Å². The van der Waals surface area contributed by atoms with E-state index in [0.29, 0.717) is 11.5 Å². The third-order valence-electron chi connectivity index (χ3n) is 3.36. The second-order valence-corrected chi connectivity index (χ2v) is 4.64. The van der Waals surface area contributed by atoms with Gasteiger partial charge in [0.15, 0.2) is 11.5 Å². The van der Waals surface area contributed by atoms with E-state index in [2.05, 4.69) is 12.1 Å². The van der Waals surface area contributed by atoms with Crippen LogP contribution in [0.5, 0.6) is 17.2 Å². The highest BCUT2D eigenvalue weighted by atomic mass is 16.5. The van der Waals surface area contributed by atoms with E-state index < -0.39 is 0 Å². The monoisotopic (exact) mass is 272 g/mol. The van der Waals surface area contributed by atoms with E-state index in [1.54, 1.807) is 26.4 Å². The molecule has 0 heterocycles. The first-order valence-electron chi connectivity index (χ1n) is 6.73. The van der Waals surface area contributed by atoms with Gasteiger partial charge in [-0.2, -0.15) is 0 Å². The maximum absolute atomic E-state index is 10.0. The highest BCUT2D eigenvalue weighted by Gasteiger charge is 2.14. The van der Waals surface area contributed by atoms with Gasteiger partial charge < -0.3 is 14.6 Å². The zero-order valence-electron chi connectivity index (χ0n) is 11.9. The smallest absolute Gasteiger partial charge is 0.167 e. The van der Waals surface area contributed by atoms with Crippen molar-refractivity contribution in [1.82, 2.24) is 0 Å². The van der Waals surface area contributed by atoms with Gasteiger partial charge in [-0.1, -0.05) is 30.3 Å². The molecule has 0 amide bonds. The SMILES string of the molecule is COc1ccc(O)c(CCCc2ccccc2)c1OC. The predicted molar refractivity (Wildman–Crippen MR) is 79.7 cm³/mol. The molecule has 0 atom stereocenters. The van der Waals surface area contributed by atoms with Crippen molar-refractivity contribution >= 4 is 0 Å². The predicted octanol–water partition coefficient (Wildman–Crippen LogP) is 3.58. The fourth-order valence-electron chi connectivity index (χ4n) is 2.34. The maximum Gasteiger partial charge on any atom is 0.167 e. The minimum absolute atomic E-state index is 0.260. The Morgan fingerprint density at radius 1 is 0.900 bits per heavy atom. The molecule has 0 aliphatic heterocycles. The molecule has 0 saturated carbocycles. The zero-order valence-corrected chi connectivity index (χ0v) is 11.9. The van der Waals surface area contributed by atoms with Gasteiger partial charge in [0, 0.05) is 5.56 Å². The van der Waals surface area contributed by atoms with Crippen LogP contribution in [0.4, 0.5) is 0 Å². The lowest BCUT2D eigenvalue weighted by Crippen LogP contribution is -1.98. The summed E-state index contributed by atoms with van der Waals surface area (Å²) in [6.07, 6.45) is 2.67. The van der Waals surface area contributed by atoms with E-state index in [-0.39, 0.29) is 5.75 Å². The molecule has 2 aromatic carbocycles. The van der Waals surface area contributed by atoms with E-state index >= 15 is 0 Å². The van der Waals surface area contributed by atoms with Crippen LogP contribution in [0.1, 0.15) is 17.5 Å². The van der Waals surface area contributed by atoms with Crippen molar-refractivity contribution in [2.75, 3.05) is 14.2 Å². The first-order chi connectivity index (χ1) is 9.76. The van der Waals surface area contributed by atoms with Crippen molar-refractivity contribution in [1.29, 1.82) is 0 Å². The number of methoxy groups -OCH3 is 2. The summed E-state index contributed by atoms with van der Waals surface area (Å²) in [7, 11) is 3.20. The number of phenols is 1. The number of hydrogen-bond acceptors (Lipinski definition) is 3. The molecular formula is C17H20O3. The van der Waals surface area contributed by atoms with Gasteiger partial charge in [0.05, 0.1) is 14.2 Å². The molecule has 0 aliphatic carbocycles. The average molecular weight is 272 g/mol. The standard InChI is InChI=1S/C17H20O3/c1-19-16-12-11-15(18)14(17(16)20-2)10-6-9-13-7-4-3-5-8-13/h3-5,7-8,11-12,18H,6,9-10H2,1-2H3. The molecule has 2 aromatic rings. The molecule has 3 heteroatoms. The van der Waals surface area contributed by atoms with Crippen LogP contribution in [0.15, 0.2) is 42.5 Å². The van der Waals surface area contributed by atoms with Crippen LogP contribution >= 0.6 is 0 Å². The normalized spacial score (nSPS) is 10.3. The van der Waals surface area contributed by atoms with Crippen molar-refractivity contribution < 1.29 is 14.6 Å². The molecule has 106 valence electrons. The Bertz CT molecular complexity index is 550. The summed E-state index contributed by atoms with van der Waals surface area (Å²) in [6.45, 7) is 0. The first-order valence-corrected chi connectivity index (χ1v) is 6.73. The Hall–Kier alpha value is -2.16. The fraction of sp³-hybridized carbons (Fsp3) is 0.294. The minimum atomic E-state index is 0.260. The van der Waals surface area contributed by atoms with Crippen LogP contribution in [-0.2, 0) is 12.8 Å². The molecule has 20 heavy (non-hydrogen) atoms. The summed E-state index contributed by atoms with van der Waals surface area (Å²) in [6, 6.07) is 13.7. The van der Waals surface area contributed by atoms with Gasteiger partial charge in [-0.05, 0) is 37.0 Å². The number of aromatic hydroxyl groups is 1. The molecule has 3 nitrogen and oxygen atoms in total. The highest BCUT2D eigenvalue weighted by Crippen LogP contribution is 2.37. The lowest BCUT2D eigenvalue weighted by atomic mass is 10.0. The lowest BCUT2D eigenvalue weighted by Gasteiger charge is -2.14. The zero-order chi connectivity index (χ0) is 14.4. The van der Waals surface area contributed by atoms with E-state index in [1.807, 2.05) is 18.2 Å². The van der Waals surface area contributed by atoms with Gasteiger partial charge in [0.1, 0.15) is 5.75 Å². The first kappa shape index (κ1) is 14.3.